The molecule has 1 saturated heterocycles. The molecule has 1 aromatic heterocycles. The van der Waals surface area contributed by atoms with E-state index in [0.29, 0.717) is 18.2 Å². The van der Waals surface area contributed by atoms with Crippen molar-refractivity contribution in [2.24, 2.45) is 0 Å². The number of amides is 1. The number of rotatable bonds is 3. The van der Waals surface area contributed by atoms with E-state index in [0.717, 1.165) is 32.0 Å². The van der Waals surface area contributed by atoms with Gasteiger partial charge in [0.15, 0.2) is 0 Å². The molecule has 158 valence electrons. The van der Waals surface area contributed by atoms with Crippen LogP contribution in [0.3, 0.4) is 0 Å². The number of aryl methyl sites for hydroxylation is 1. The molecule has 1 fully saturated rings. The number of benzene rings is 2. The molecule has 0 saturated carbocycles. The van der Waals surface area contributed by atoms with E-state index in [1.807, 2.05) is 4.90 Å². The predicted octanol–water partition coefficient (Wildman–Crippen LogP) is 5.74. The Morgan fingerprint density at radius 1 is 1.10 bits per heavy atom. The minimum absolute atomic E-state index is 0.0289. The van der Waals surface area contributed by atoms with Gasteiger partial charge in [0.05, 0.1) is 6.20 Å². The van der Waals surface area contributed by atoms with Gasteiger partial charge in [0.2, 0.25) is 0 Å². The molecule has 2 aromatic carbocycles. The Hall–Kier alpha value is -3.01. The largest absolute Gasteiger partial charge is 0.336 e. The molecule has 31 heavy (non-hydrogen) atoms. The summed E-state index contributed by atoms with van der Waals surface area (Å²) in [5.41, 5.74) is 7.11. The lowest BCUT2D eigenvalue weighted by Gasteiger charge is -2.25. The number of carbonyl (C=O) groups excluding carboxylic acids is 1. The van der Waals surface area contributed by atoms with E-state index >= 15 is 0 Å². The summed E-state index contributed by atoms with van der Waals surface area (Å²) in [5.74, 6) is -0.0490. The molecule has 5 rings (SSSR count). The number of fused-ring (bicyclic) bond motifs is 2. The van der Waals surface area contributed by atoms with E-state index in [9.17, 15) is 9.18 Å². The zero-order valence-corrected chi connectivity index (χ0v) is 18.1. The Balaban J connectivity index is 1.42. The van der Waals surface area contributed by atoms with E-state index in [1.165, 1.54) is 39.9 Å². The second-order valence-electron chi connectivity index (χ2n) is 9.23. The van der Waals surface area contributed by atoms with Crippen molar-refractivity contribution < 1.29 is 9.18 Å². The van der Waals surface area contributed by atoms with E-state index < -0.39 is 5.82 Å². The van der Waals surface area contributed by atoms with Crippen LogP contribution in [-0.4, -0.2) is 28.9 Å². The van der Waals surface area contributed by atoms with Crippen molar-refractivity contribution in [2.75, 3.05) is 13.1 Å². The van der Waals surface area contributed by atoms with Crippen LogP contribution in [-0.2, 0) is 11.8 Å². The number of halogens is 1. The zero-order chi connectivity index (χ0) is 21.6. The van der Waals surface area contributed by atoms with Crippen LogP contribution in [0.5, 0.6) is 0 Å². The first-order valence-electron chi connectivity index (χ1n) is 11.1. The number of pyridine rings is 1. The van der Waals surface area contributed by atoms with E-state index in [4.69, 9.17) is 0 Å². The van der Waals surface area contributed by atoms with Crippen LogP contribution in [0, 0.1) is 5.82 Å². The summed E-state index contributed by atoms with van der Waals surface area (Å²) in [6.07, 6.45) is 4.19. The zero-order valence-electron chi connectivity index (χ0n) is 18.1. The number of hydrogen-bond donors (Lipinski definition) is 0. The second kappa shape index (κ2) is 7.60. The minimum Gasteiger partial charge on any atom is -0.336 e. The number of carbonyl (C=O) groups is 1. The molecule has 1 aliphatic heterocycles. The number of nitrogens with zero attached hydrogens (tertiary/aromatic N) is 2. The molecule has 0 bridgehead atoms. The summed E-state index contributed by atoms with van der Waals surface area (Å²) in [4.78, 5) is 18.8. The van der Waals surface area contributed by atoms with Gasteiger partial charge in [-0.1, -0.05) is 56.3 Å². The van der Waals surface area contributed by atoms with E-state index in [2.05, 4.69) is 61.3 Å². The molecule has 3 aromatic rings. The smallest absolute Gasteiger partial charge is 0.272 e. The van der Waals surface area contributed by atoms with Crippen LogP contribution >= 0.6 is 0 Å². The average molecular weight is 415 g/mol. The van der Waals surface area contributed by atoms with Crippen LogP contribution in [0.15, 0.2) is 60.8 Å². The molecule has 1 spiro atoms. The van der Waals surface area contributed by atoms with E-state index in [1.54, 1.807) is 0 Å². The molecule has 1 aliphatic carbocycles. The molecule has 1 atom stereocenters. The van der Waals surface area contributed by atoms with Crippen LogP contribution in [0.4, 0.5) is 4.39 Å². The van der Waals surface area contributed by atoms with Gasteiger partial charge >= 0.3 is 0 Å². The predicted molar refractivity (Wildman–Crippen MR) is 121 cm³/mol. The second-order valence-corrected chi connectivity index (χ2v) is 9.23. The fourth-order valence-corrected chi connectivity index (χ4v) is 5.39. The van der Waals surface area contributed by atoms with Crippen LogP contribution < -0.4 is 0 Å². The van der Waals surface area contributed by atoms with Crippen LogP contribution in [0.2, 0.25) is 0 Å². The first-order chi connectivity index (χ1) is 15.0. The lowest BCUT2D eigenvalue weighted by molar-refractivity contribution is 0.0777. The van der Waals surface area contributed by atoms with Gasteiger partial charge < -0.3 is 4.90 Å². The first-order valence-corrected chi connectivity index (χ1v) is 11.1. The van der Waals surface area contributed by atoms with E-state index in [-0.39, 0.29) is 11.3 Å². The third-order valence-corrected chi connectivity index (χ3v) is 7.03. The molecule has 2 aliphatic rings. The summed E-state index contributed by atoms with van der Waals surface area (Å²) >= 11 is 0. The highest BCUT2D eigenvalue weighted by atomic mass is 19.1. The third kappa shape index (κ3) is 3.44. The topological polar surface area (TPSA) is 33.2 Å². The molecule has 3 nitrogen and oxygen atoms in total. The van der Waals surface area contributed by atoms with Crippen molar-refractivity contribution in [1.29, 1.82) is 0 Å². The molecule has 1 unspecified atom stereocenters. The van der Waals surface area contributed by atoms with Crippen molar-refractivity contribution in [3.63, 3.8) is 0 Å². The summed E-state index contributed by atoms with van der Waals surface area (Å²) in [7, 11) is 0. The maximum atomic E-state index is 13.2. The molecular formula is C27H27FN2O. The quantitative estimate of drug-likeness (QED) is 0.547. The fraction of sp³-hybridized carbons (Fsp3) is 0.333. The summed E-state index contributed by atoms with van der Waals surface area (Å²) in [6.45, 7) is 5.90. The maximum absolute atomic E-state index is 13.2. The van der Waals surface area contributed by atoms with Gasteiger partial charge in [-0.05, 0) is 65.1 Å². The maximum Gasteiger partial charge on any atom is 0.272 e. The van der Waals surface area contributed by atoms with Gasteiger partial charge in [0.1, 0.15) is 11.5 Å². The van der Waals surface area contributed by atoms with Crippen LogP contribution in [0.1, 0.15) is 59.8 Å². The Kier molecular flexibility index (Phi) is 4.88. The lowest BCUT2D eigenvalue weighted by atomic mass is 9.80. The highest BCUT2D eigenvalue weighted by molar-refractivity contribution is 5.92. The van der Waals surface area contributed by atoms with Crippen molar-refractivity contribution in [3.8, 4) is 11.1 Å². The molecule has 1 amide bonds. The SMILES string of the molecule is CC(C)c1ccccc1-c1ccc2c(c1)CCC21CCN(C(=O)c2ccc(F)cn2)C1. The molecule has 0 radical (unpaired) electrons. The molecule has 0 N–H and O–H groups in total. The summed E-state index contributed by atoms with van der Waals surface area (Å²) in [6, 6.07) is 18.3. The molecule has 4 heteroatoms. The summed E-state index contributed by atoms with van der Waals surface area (Å²) in [5, 5.41) is 0. The van der Waals surface area contributed by atoms with Crippen molar-refractivity contribution in [2.45, 2.75) is 44.4 Å². The van der Waals surface area contributed by atoms with Gasteiger partial charge in [-0.15, -0.1) is 0 Å². The van der Waals surface area contributed by atoms with Crippen molar-refractivity contribution in [1.82, 2.24) is 9.88 Å². The fourth-order valence-electron chi connectivity index (χ4n) is 5.39. The summed E-state index contributed by atoms with van der Waals surface area (Å²) < 4.78 is 13.2. The van der Waals surface area contributed by atoms with Gasteiger partial charge in [-0.2, -0.15) is 0 Å². The Morgan fingerprint density at radius 3 is 2.71 bits per heavy atom. The van der Waals surface area contributed by atoms with Crippen molar-refractivity contribution >= 4 is 5.91 Å². The Labute approximate surface area is 182 Å². The van der Waals surface area contributed by atoms with Gasteiger partial charge in [0.25, 0.3) is 5.91 Å². The number of hydrogen-bond acceptors (Lipinski definition) is 2. The Morgan fingerprint density at radius 2 is 1.94 bits per heavy atom. The lowest BCUT2D eigenvalue weighted by Crippen LogP contribution is -2.33. The van der Waals surface area contributed by atoms with Crippen molar-refractivity contribution in [3.05, 3.63) is 89.0 Å². The monoisotopic (exact) mass is 414 g/mol. The van der Waals surface area contributed by atoms with Gasteiger partial charge in [-0.3, -0.25) is 4.79 Å². The first kappa shape index (κ1) is 19.9. The third-order valence-electron chi connectivity index (χ3n) is 7.03. The highest BCUT2D eigenvalue weighted by Gasteiger charge is 2.45. The van der Waals surface area contributed by atoms with Gasteiger partial charge in [0, 0.05) is 18.5 Å². The number of aromatic nitrogens is 1. The Bertz CT molecular complexity index is 1140. The average Bonchev–Trinajstić information content (AvgIpc) is 3.38. The molecule has 2 heterocycles. The minimum atomic E-state index is -0.422. The number of likely N-dealkylation sites (tertiary alicyclic amines) is 1. The normalized spacial score (nSPS) is 19.9. The van der Waals surface area contributed by atoms with Crippen LogP contribution in [0.25, 0.3) is 11.1 Å². The molecular weight excluding hydrogens is 387 g/mol. The standard InChI is InChI=1S/C27H27FN2O/c1-18(2)22-5-3-4-6-23(22)19-7-9-24-20(15-19)11-12-27(24)13-14-30(17-27)26(31)25-10-8-21(28)16-29-25/h3-10,15-16,18H,11-14,17H2,1-2H3. The highest BCUT2D eigenvalue weighted by Crippen LogP contribution is 2.47. The van der Waals surface area contributed by atoms with Gasteiger partial charge in [-0.25, -0.2) is 9.37 Å².